The number of carbonyl (C=O) groups is 4. The van der Waals surface area contributed by atoms with E-state index in [0.717, 1.165) is 6.92 Å². The first-order chi connectivity index (χ1) is 10.8. The summed E-state index contributed by atoms with van der Waals surface area (Å²) in [7, 11) is 0. The predicted molar refractivity (Wildman–Crippen MR) is 80.2 cm³/mol. The summed E-state index contributed by atoms with van der Waals surface area (Å²) in [5.74, 6) is -4.07. The maximum absolute atomic E-state index is 12.4. The lowest BCUT2D eigenvalue weighted by Gasteiger charge is -2.34. The van der Waals surface area contributed by atoms with E-state index in [1.54, 1.807) is 20.8 Å². The lowest BCUT2D eigenvalue weighted by Crippen LogP contribution is -2.65. The second-order valence-corrected chi connectivity index (χ2v) is 4.84. The van der Waals surface area contributed by atoms with E-state index in [-0.39, 0.29) is 26.2 Å². The number of nitrogens with one attached hydrogen (secondary N) is 1. The normalized spacial score (nSPS) is 12.0. The lowest BCUT2D eigenvalue weighted by molar-refractivity contribution is -0.172. The summed E-state index contributed by atoms with van der Waals surface area (Å²) in [5, 5.41) is 2.31. The van der Waals surface area contributed by atoms with Crippen molar-refractivity contribution < 1.29 is 33.4 Å². The number of hydrogen-bond acceptors (Lipinski definition) is 7. The number of amides is 1. The van der Waals surface area contributed by atoms with E-state index in [9.17, 15) is 19.2 Å². The van der Waals surface area contributed by atoms with E-state index < -0.39 is 35.3 Å². The molecule has 0 aliphatic carbocycles. The summed E-state index contributed by atoms with van der Waals surface area (Å²) in [6.07, 6.45) is -0.258. The highest BCUT2D eigenvalue weighted by molar-refractivity contribution is 6.08. The van der Waals surface area contributed by atoms with Crippen molar-refractivity contribution in [3.05, 3.63) is 0 Å². The molecule has 0 aliphatic rings. The first-order valence-corrected chi connectivity index (χ1v) is 7.54. The van der Waals surface area contributed by atoms with Crippen LogP contribution in [0.4, 0.5) is 0 Å². The van der Waals surface area contributed by atoms with E-state index >= 15 is 0 Å². The Balaban J connectivity index is 5.76. The van der Waals surface area contributed by atoms with Crippen LogP contribution >= 0.6 is 0 Å². The van der Waals surface area contributed by atoms with Crippen LogP contribution in [0, 0.1) is 5.92 Å². The van der Waals surface area contributed by atoms with Gasteiger partial charge in [0.25, 0.3) is 0 Å². The van der Waals surface area contributed by atoms with Crippen molar-refractivity contribution in [2.75, 3.05) is 19.8 Å². The van der Waals surface area contributed by atoms with Crippen molar-refractivity contribution in [1.29, 1.82) is 0 Å². The summed E-state index contributed by atoms with van der Waals surface area (Å²) in [4.78, 5) is 48.1. The van der Waals surface area contributed by atoms with Gasteiger partial charge in [-0.2, -0.15) is 0 Å². The molecule has 0 aromatic heterocycles. The molecule has 0 rings (SSSR count). The average molecular weight is 331 g/mol. The van der Waals surface area contributed by atoms with Crippen molar-refractivity contribution in [3.8, 4) is 0 Å². The molecule has 0 bridgehead atoms. The minimum Gasteiger partial charge on any atom is -0.466 e. The fourth-order valence-electron chi connectivity index (χ4n) is 2.10. The molecule has 0 spiro atoms. The van der Waals surface area contributed by atoms with E-state index in [4.69, 9.17) is 14.2 Å². The topological polar surface area (TPSA) is 108 Å². The van der Waals surface area contributed by atoms with Gasteiger partial charge in [-0.05, 0) is 20.8 Å². The van der Waals surface area contributed by atoms with Crippen LogP contribution < -0.4 is 5.32 Å². The Labute approximate surface area is 135 Å². The Bertz CT molecular complexity index is 429. The Morgan fingerprint density at radius 2 is 1.35 bits per heavy atom. The van der Waals surface area contributed by atoms with Crippen LogP contribution in [0.15, 0.2) is 0 Å². The minimum absolute atomic E-state index is 0.00565. The molecule has 0 fully saturated rings. The SMILES string of the molecule is CCOC(=O)C[C@H](C)C(NC(C)=O)(C(=O)OCC)C(=O)OCC. The van der Waals surface area contributed by atoms with E-state index in [0.29, 0.717) is 0 Å². The number of esters is 3. The molecule has 0 saturated heterocycles. The minimum atomic E-state index is -2.09. The van der Waals surface area contributed by atoms with Gasteiger partial charge in [-0.3, -0.25) is 9.59 Å². The number of hydrogen-bond donors (Lipinski definition) is 1. The molecule has 0 aromatic rings. The predicted octanol–water partition coefficient (Wildman–Crippen LogP) is 0.577. The van der Waals surface area contributed by atoms with Crippen molar-refractivity contribution in [3.63, 3.8) is 0 Å². The van der Waals surface area contributed by atoms with Crippen molar-refractivity contribution in [2.24, 2.45) is 5.92 Å². The number of rotatable bonds is 9. The zero-order valence-electron chi connectivity index (χ0n) is 14.3. The molecule has 1 amide bonds. The molecule has 23 heavy (non-hydrogen) atoms. The zero-order valence-corrected chi connectivity index (χ0v) is 14.3. The average Bonchev–Trinajstić information content (AvgIpc) is 2.44. The molecule has 0 unspecified atom stereocenters. The van der Waals surface area contributed by atoms with E-state index in [1.165, 1.54) is 6.92 Å². The standard InChI is InChI=1S/C15H25NO7/c1-6-21-12(18)9-10(4)15(16-11(5)17,13(19)22-7-2)14(20)23-8-3/h10H,6-9H2,1-5H3,(H,16,17)/t10-/m0/s1. The first-order valence-electron chi connectivity index (χ1n) is 7.54. The molecule has 0 heterocycles. The summed E-state index contributed by atoms with van der Waals surface area (Å²) >= 11 is 0. The van der Waals surface area contributed by atoms with Crippen molar-refractivity contribution in [2.45, 2.75) is 46.6 Å². The highest BCUT2D eigenvalue weighted by Crippen LogP contribution is 2.25. The smallest absolute Gasteiger partial charge is 0.343 e. The second-order valence-electron chi connectivity index (χ2n) is 4.84. The number of carbonyl (C=O) groups excluding carboxylic acids is 4. The third kappa shape index (κ3) is 5.54. The maximum atomic E-state index is 12.4. The fourth-order valence-corrected chi connectivity index (χ4v) is 2.10. The summed E-state index contributed by atoms with van der Waals surface area (Å²) < 4.78 is 14.7. The van der Waals surface area contributed by atoms with Gasteiger partial charge in [0.15, 0.2) is 0 Å². The summed E-state index contributed by atoms with van der Waals surface area (Å²) in [6.45, 7) is 7.58. The molecule has 0 saturated carbocycles. The molecule has 1 atom stereocenters. The van der Waals surface area contributed by atoms with E-state index in [1.807, 2.05) is 0 Å². The van der Waals surface area contributed by atoms with Crippen molar-refractivity contribution >= 4 is 23.8 Å². The zero-order chi connectivity index (χ0) is 18.0. The third-order valence-electron chi connectivity index (χ3n) is 3.09. The van der Waals surface area contributed by atoms with Gasteiger partial charge in [-0.1, -0.05) is 6.92 Å². The van der Waals surface area contributed by atoms with Crippen LogP contribution in [0.5, 0.6) is 0 Å². The molecule has 132 valence electrons. The van der Waals surface area contributed by atoms with Crippen LogP contribution in [0.25, 0.3) is 0 Å². The lowest BCUT2D eigenvalue weighted by atomic mass is 9.82. The second kappa shape index (κ2) is 9.81. The fraction of sp³-hybridized carbons (Fsp3) is 0.733. The van der Waals surface area contributed by atoms with Crippen LogP contribution in [0.1, 0.15) is 41.0 Å². The van der Waals surface area contributed by atoms with Gasteiger partial charge < -0.3 is 19.5 Å². The van der Waals surface area contributed by atoms with E-state index in [2.05, 4.69) is 5.32 Å². The molecule has 1 N–H and O–H groups in total. The Kier molecular flexibility index (Phi) is 8.90. The Morgan fingerprint density at radius 1 is 0.913 bits per heavy atom. The number of ether oxygens (including phenoxy) is 3. The van der Waals surface area contributed by atoms with Crippen molar-refractivity contribution in [1.82, 2.24) is 5.32 Å². The van der Waals surface area contributed by atoms with Crippen LogP contribution in [-0.2, 0) is 33.4 Å². The Hall–Kier alpha value is -2.12. The molecular weight excluding hydrogens is 306 g/mol. The van der Waals surface area contributed by atoms with Gasteiger partial charge in [0.1, 0.15) is 0 Å². The molecule has 8 heteroatoms. The monoisotopic (exact) mass is 331 g/mol. The molecule has 0 aromatic carbocycles. The first kappa shape index (κ1) is 20.9. The molecule has 0 radical (unpaired) electrons. The van der Waals surface area contributed by atoms with Gasteiger partial charge in [0.2, 0.25) is 11.4 Å². The maximum Gasteiger partial charge on any atom is 0.343 e. The summed E-state index contributed by atoms with van der Waals surface area (Å²) in [5.41, 5.74) is -2.09. The molecule has 8 nitrogen and oxygen atoms in total. The van der Waals surface area contributed by atoms with Gasteiger partial charge in [0.05, 0.1) is 26.2 Å². The largest absolute Gasteiger partial charge is 0.466 e. The van der Waals surface area contributed by atoms with Crippen LogP contribution in [-0.4, -0.2) is 49.2 Å². The highest BCUT2D eigenvalue weighted by Gasteiger charge is 2.54. The van der Waals surface area contributed by atoms with Gasteiger partial charge in [-0.15, -0.1) is 0 Å². The third-order valence-corrected chi connectivity index (χ3v) is 3.09. The van der Waals surface area contributed by atoms with Gasteiger partial charge in [-0.25, -0.2) is 9.59 Å². The van der Waals surface area contributed by atoms with Gasteiger partial charge in [0, 0.05) is 12.8 Å². The summed E-state index contributed by atoms with van der Waals surface area (Å²) in [6, 6.07) is 0. The molecular formula is C15H25NO7. The quantitative estimate of drug-likeness (QED) is 0.374. The highest BCUT2D eigenvalue weighted by atomic mass is 16.6. The molecule has 0 aliphatic heterocycles. The van der Waals surface area contributed by atoms with Crippen LogP contribution in [0.2, 0.25) is 0 Å². The van der Waals surface area contributed by atoms with Gasteiger partial charge >= 0.3 is 17.9 Å². The van der Waals surface area contributed by atoms with Crippen LogP contribution in [0.3, 0.4) is 0 Å². The Morgan fingerprint density at radius 3 is 1.70 bits per heavy atom.